The molecule has 2 heterocycles. The minimum Gasteiger partial charge on any atom is -0.493 e. The average Bonchev–Trinajstić information content (AvgIpc) is 2.81. The van der Waals surface area contributed by atoms with Crippen LogP contribution in [0.25, 0.3) is 0 Å². The van der Waals surface area contributed by atoms with E-state index in [0.29, 0.717) is 42.9 Å². The molecule has 1 unspecified atom stereocenters. The highest BCUT2D eigenvalue weighted by Gasteiger charge is 2.67. The SMILES string of the molecule is COc1cc2c(cc1OC)C1(O)N(CC2)C(=O)OC12CCCCC2. The first-order valence-electron chi connectivity index (χ1n) is 8.54. The highest BCUT2D eigenvalue weighted by atomic mass is 16.6. The highest BCUT2D eigenvalue weighted by Crippen LogP contribution is 2.55. The first-order chi connectivity index (χ1) is 11.6. The molecule has 6 nitrogen and oxygen atoms in total. The summed E-state index contributed by atoms with van der Waals surface area (Å²) in [6, 6.07) is 3.71. The number of amides is 1. The van der Waals surface area contributed by atoms with E-state index in [1.54, 1.807) is 20.3 Å². The van der Waals surface area contributed by atoms with Crippen molar-refractivity contribution in [2.75, 3.05) is 20.8 Å². The topological polar surface area (TPSA) is 68.2 Å². The zero-order chi connectivity index (χ0) is 16.9. The number of hydrogen-bond donors (Lipinski definition) is 1. The van der Waals surface area contributed by atoms with E-state index < -0.39 is 17.4 Å². The smallest absolute Gasteiger partial charge is 0.413 e. The zero-order valence-corrected chi connectivity index (χ0v) is 14.1. The molecule has 1 saturated carbocycles. The van der Waals surface area contributed by atoms with Gasteiger partial charge in [-0.15, -0.1) is 0 Å². The van der Waals surface area contributed by atoms with E-state index in [4.69, 9.17) is 14.2 Å². The van der Waals surface area contributed by atoms with Gasteiger partial charge < -0.3 is 19.3 Å². The van der Waals surface area contributed by atoms with E-state index in [-0.39, 0.29) is 0 Å². The number of carbonyl (C=O) groups is 1. The fraction of sp³-hybridized carbons (Fsp3) is 0.611. The van der Waals surface area contributed by atoms with Crippen molar-refractivity contribution in [3.63, 3.8) is 0 Å². The van der Waals surface area contributed by atoms with E-state index in [1.807, 2.05) is 6.07 Å². The lowest BCUT2D eigenvalue weighted by atomic mass is 9.71. The molecule has 1 atom stereocenters. The first kappa shape index (κ1) is 15.6. The number of rotatable bonds is 2. The molecule has 1 N–H and O–H groups in total. The maximum atomic E-state index is 12.5. The van der Waals surface area contributed by atoms with Gasteiger partial charge in [-0.2, -0.15) is 0 Å². The van der Waals surface area contributed by atoms with Crippen molar-refractivity contribution in [3.8, 4) is 11.5 Å². The van der Waals surface area contributed by atoms with Crippen LogP contribution in [0.5, 0.6) is 11.5 Å². The Morgan fingerprint density at radius 1 is 1.12 bits per heavy atom. The minimum absolute atomic E-state index is 0.417. The summed E-state index contributed by atoms with van der Waals surface area (Å²) in [5, 5.41) is 11.8. The Hall–Kier alpha value is -1.95. The lowest BCUT2D eigenvalue weighted by Crippen LogP contribution is -2.59. The summed E-state index contributed by atoms with van der Waals surface area (Å²) in [5.74, 6) is 1.19. The Balaban J connectivity index is 1.91. The molecule has 0 aromatic heterocycles. The quantitative estimate of drug-likeness (QED) is 0.901. The van der Waals surface area contributed by atoms with Crippen LogP contribution in [0.4, 0.5) is 4.79 Å². The van der Waals surface area contributed by atoms with Gasteiger partial charge in [0.1, 0.15) is 0 Å². The predicted octanol–water partition coefficient (Wildman–Crippen LogP) is 2.56. The number of carbonyl (C=O) groups excluding carboxylic acids is 1. The summed E-state index contributed by atoms with van der Waals surface area (Å²) >= 11 is 0. The van der Waals surface area contributed by atoms with Crippen molar-refractivity contribution < 1.29 is 24.1 Å². The highest BCUT2D eigenvalue weighted by molar-refractivity contribution is 5.74. The summed E-state index contributed by atoms with van der Waals surface area (Å²) in [7, 11) is 3.17. The second-order valence-electron chi connectivity index (χ2n) is 6.86. The Labute approximate surface area is 141 Å². The first-order valence-corrected chi connectivity index (χ1v) is 8.54. The Morgan fingerprint density at radius 3 is 2.46 bits per heavy atom. The molecule has 1 saturated heterocycles. The molecule has 4 rings (SSSR count). The molecular weight excluding hydrogens is 310 g/mol. The normalized spacial score (nSPS) is 27.5. The van der Waals surface area contributed by atoms with Gasteiger partial charge in [0, 0.05) is 12.1 Å². The van der Waals surface area contributed by atoms with Gasteiger partial charge in [0.2, 0.25) is 5.72 Å². The maximum Gasteiger partial charge on any atom is 0.413 e. The summed E-state index contributed by atoms with van der Waals surface area (Å²) in [4.78, 5) is 14.0. The number of nitrogens with zero attached hydrogens (tertiary/aromatic N) is 1. The van der Waals surface area contributed by atoms with E-state index in [0.717, 1.165) is 24.8 Å². The van der Waals surface area contributed by atoms with Gasteiger partial charge in [0.25, 0.3) is 0 Å². The summed E-state index contributed by atoms with van der Waals surface area (Å²) < 4.78 is 16.6. The van der Waals surface area contributed by atoms with Crippen molar-refractivity contribution in [1.82, 2.24) is 4.90 Å². The van der Waals surface area contributed by atoms with Crippen molar-refractivity contribution in [2.24, 2.45) is 0 Å². The average molecular weight is 333 g/mol. The largest absolute Gasteiger partial charge is 0.493 e. The second-order valence-corrected chi connectivity index (χ2v) is 6.86. The number of fused-ring (bicyclic) bond motifs is 4. The third-order valence-corrected chi connectivity index (χ3v) is 5.78. The fourth-order valence-corrected chi connectivity index (χ4v) is 4.57. The number of hydrogen-bond acceptors (Lipinski definition) is 5. The van der Waals surface area contributed by atoms with E-state index in [2.05, 4.69) is 0 Å². The third-order valence-electron chi connectivity index (χ3n) is 5.78. The Kier molecular flexibility index (Phi) is 3.42. The number of ether oxygens (including phenoxy) is 3. The molecule has 1 amide bonds. The Morgan fingerprint density at radius 2 is 1.79 bits per heavy atom. The van der Waals surface area contributed by atoms with Crippen LogP contribution < -0.4 is 9.47 Å². The monoisotopic (exact) mass is 333 g/mol. The summed E-state index contributed by atoms with van der Waals surface area (Å²) in [6.07, 6.45) is 4.61. The molecule has 3 aliphatic rings. The molecule has 1 aromatic carbocycles. The zero-order valence-electron chi connectivity index (χ0n) is 14.1. The Bertz CT molecular complexity index is 682. The molecule has 2 aliphatic heterocycles. The molecule has 130 valence electrons. The lowest BCUT2D eigenvalue weighted by Gasteiger charge is -2.47. The van der Waals surface area contributed by atoms with Crippen molar-refractivity contribution in [3.05, 3.63) is 23.3 Å². The van der Waals surface area contributed by atoms with E-state index >= 15 is 0 Å². The van der Waals surface area contributed by atoms with Crippen molar-refractivity contribution >= 4 is 6.09 Å². The number of aliphatic hydroxyl groups is 1. The van der Waals surface area contributed by atoms with Gasteiger partial charge in [-0.25, -0.2) is 4.79 Å². The van der Waals surface area contributed by atoms with Gasteiger partial charge >= 0.3 is 6.09 Å². The van der Waals surface area contributed by atoms with E-state index in [1.165, 1.54) is 4.90 Å². The van der Waals surface area contributed by atoms with Gasteiger partial charge in [0.15, 0.2) is 17.1 Å². The molecule has 1 aliphatic carbocycles. The fourth-order valence-electron chi connectivity index (χ4n) is 4.57. The summed E-state index contributed by atoms with van der Waals surface area (Å²) in [5.41, 5.74) is -0.608. The predicted molar refractivity (Wildman–Crippen MR) is 86.1 cm³/mol. The molecule has 2 fully saturated rings. The second kappa shape index (κ2) is 5.28. The van der Waals surface area contributed by atoms with E-state index in [9.17, 15) is 9.90 Å². The standard InChI is InChI=1S/C18H23NO5/c1-22-14-10-12-6-9-19-16(20)24-17(7-4-3-5-8-17)18(19,21)13(12)11-15(14)23-2/h10-11,21H,3-9H2,1-2H3. The molecule has 1 spiro atoms. The molecule has 1 aromatic rings. The number of methoxy groups -OCH3 is 2. The van der Waals surface area contributed by atoms with Crippen LogP contribution in [0.2, 0.25) is 0 Å². The van der Waals surface area contributed by atoms with Gasteiger partial charge in [-0.3, -0.25) is 4.90 Å². The minimum atomic E-state index is -1.43. The molecule has 24 heavy (non-hydrogen) atoms. The van der Waals surface area contributed by atoms with Crippen LogP contribution in [0.15, 0.2) is 12.1 Å². The van der Waals surface area contributed by atoms with Crippen LogP contribution in [0, 0.1) is 0 Å². The van der Waals surface area contributed by atoms with Crippen molar-refractivity contribution in [1.29, 1.82) is 0 Å². The van der Waals surface area contributed by atoms with Gasteiger partial charge in [-0.05, 0) is 49.8 Å². The third kappa shape index (κ3) is 1.83. The maximum absolute atomic E-state index is 12.5. The van der Waals surface area contributed by atoms with Crippen LogP contribution >= 0.6 is 0 Å². The molecular formula is C18H23NO5. The molecule has 0 bridgehead atoms. The van der Waals surface area contributed by atoms with Crippen LogP contribution in [0.1, 0.15) is 43.2 Å². The van der Waals surface area contributed by atoms with Gasteiger partial charge in [0.05, 0.1) is 14.2 Å². The lowest BCUT2D eigenvalue weighted by molar-refractivity contribution is -0.182. The summed E-state index contributed by atoms with van der Waals surface area (Å²) in [6.45, 7) is 0.444. The van der Waals surface area contributed by atoms with Gasteiger partial charge in [-0.1, -0.05) is 6.42 Å². The van der Waals surface area contributed by atoms with Crippen LogP contribution in [-0.2, 0) is 16.9 Å². The van der Waals surface area contributed by atoms with Crippen molar-refractivity contribution in [2.45, 2.75) is 49.9 Å². The molecule has 6 heteroatoms. The van der Waals surface area contributed by atoms with Crippen LogP contribution in [0.3, 0.4) is 0 Å². The number of benzene rings is 1. The molecule has 0 radical (unpaired) electrons. The van der Waals surface area contributed by atoms with Crippen LogP contribution in [-0.4, -0.2) is 42.5 Å².